The molecule has 36 heavy (non-hydrogen) atoms. The molecule has 3 fully saturated rings. The van der Waals surface area contributed by atoms with Crippen LogP contribution in [-0.4, -0.2) is 105 Å². The minimum atomic E-state index is -1.40. The zero-order valence-corrected chi connectivity index (χ0v) is 22.1. The van der Waals surface area contributed by atoms with Crippen molar-refractivity contribution in [3.63, 3.8) is 0 Å². The summed E-state index contributed by atoms with van der Waals surface area (Å²) in [6.07, 6.45) is 1.77. The molecule has 10 nitrogen and oxygen atoms in total. The number of hydrogen-bond donors (Lipinski definition) is 4. The lowest BCUT2D eigenvalue weighted by molar-refractivity contribution is -0.205. The van der Waals surface area contributed by atoms with E-state index in [4.69, 9.17) is 14.2 Å². The van der Waals surface area contributed by atoms with E-state index in [-0.39, 0.29) is 5.92 Å². The van der Waals surface area contributed by atoms with E-state index in [0.29, 0.717) is 25.3 Å². The van der Waals surface area contributed by atoms with Crippen LogP contribution in [0.4, 0.5) is 4.79 Å². The summed E-state index contributed by atoms with van der Waals surface area (Å²) in [6.45, 7) is 6.24. The zero-order chi connectivity index (χ0) is 26.0. The first-order valence-electron chi connectivity index (χ1n) is 12.9. The van der Waals surface area contributed by atoms with Crippen LogP contribution in [0, 0.1) is 5.92 Å². The number of nitrogens with one attached hydrogen (secondary N) is 1. The number of carbonyl (C=O) groups is 2. The van der Waals surface area contributed by atoms with Gasteiger partial charge in [0.2, 0.25) is 5.91 Å². The summed E-state index contributed by atoms with van der Waals surface area (Å²) in [5.74, 6) is 0.304. The minimum absolute atomic E-state index is 0.0222. The minimum Gasteiger partial charge on any atom is -0.444 e. The second-order valence-corrected chi connectivity index (χ2v) is 12.3. The van der Waals surface area contributed by atoms with Crippen molar-refractivity contribution in [3.05, 3.63) is 12.2 Å². The molecule has 2 bridgehead atoms. The van der Waals surface area contributed by atoms with Gasteiger partial charge >= 0.3 is 6.09 Å². The average molecular weight is 529 g/mol. The highest BCUT2D eigenvalue weighted by molar-refractivity contribution is 7.99. The summed E-state index contributed by atoms with van der Waals surface area (Å²) in [5, 5.41) is 34.6. The number of allylic oxidation sites excluding steroid dienone is 1. The van der Waals surface area contributed by atoms with Crippen LogP contribution in [0.1, 0.15) is 52.9 Å². The van der Waals surface area contributed by atoms with Crippen molar-refractivity contribution in [3.8, 4) is 0 Å². The molecule has 0 radical (unpaired) electrons. The fourth-order valence-electron chi connectivity index (χ4n) is 5.42. The van der Waals surface area contributed by atoms with Crippen molar-refractivity contribution in [1.82, 2.24) is 10.2 Å². The molecule has 4 aliphatic heterocycles. The largest absolute Gasteiger partial charge is 0.444 e. The predicted molar refractivity (Wildman–Crippen MR) is 133 cm³/mol. The number of carbonyl (C=O) groups excluding carboxylic acids is 2. The highest BCUT2D eigenvalue weighted by Crippen LogP contribution is 2.35. The number of thioether (sulfide) groups is 1. The second-order valence-electron chi connectivity index (χ2n) is 11.1. The average Bonchev–Trinajstić information content (AvgIpc) is 3.02. The highest BCUT2D eigenvalue weighted by atomic mass is 32.2. The summed E-state index contributed by atoms with van der Waals surface area (Å²) in [7, 11) is 0. The fourth-order valence-corrected chi connectivity index (χ4v) is 6.49. The van der Waals surface area contributed by atoms with Gasteiger partial charge in [-0.2, -0.15) is 0 Å². The molecular formula is C25H40N2O8S. The third-order valence-electron chi connectivity index (χ3n) is 7.17. The van der Waals surface area contributed by atoms with Crippen molar-refractivity contribution in [2.45, 2.75) is 107 Å². The van der Waals surface area contributed by atoms with E-state index >= 15 is 0 Å². The Morgan fingerprint density at radius 3 is 2.61 bits per heavy atom. The Bertz CT molecular complexity index is 820. The van der Waals surface area contributed by atoms with Crippen LogP contribution in [-0.2, 0) is 19.0 Å². The first-order valence-corrected chi connectivity index (χ1v) is 14.0. The van der Waals surface area contributed by atoms with E-state index < -0.39 is 65.6 Å². The van der Waals surface area contributed by atoms with Crippen molar-refractivity contribution in [2.75, 3.05) is 18.9 Å². The Kier molecular flexibility index (Phi) is 8.89. The van der Waals surface area contributed by atoms with Gasteiger partial charge in [0.05, 0.1) is 12.1 Å². The molecule has 0 aromatic heterocycles. The van der Waals surface area contributed by atoms with Crippen LogP contribution in [0.5, 0.6) is 0 Å². The fraction of sp³-hybridized carbons (Fsp3) is 0.840. The van der Waals surface area contributed by atoms with E-state index in [1.807, 2.05) is 12.2 Å². The Morgan fingerprint density at radius 1 is 1.08 bits per heavy atom. The maximum absolute atomic E-state index is 13.8. The topological polar surface area (TPSA) is 138 Å². The summed E-state index contributed by atoms with van der Waals surface area (Å²) < 4.78 is 17.7. The number of aliphatic hydroxyl groups excluding tert-OH is 3. The van der Waals surface area contributed by atoms with Crippen molar-refractivity contribution in [1.29, 1.82) is 0 Å². The van der Waals surface area contributed by atoms with Crippen LogP contribution in [0.25, 0.3) is 0 Å². The van der Waals surface area contributed by atoms with E-state index in [1.54, 1.807) is 20.8 Å². The standard InChI is InChI=1S/C25H40N2O8S/c1-25(2,3)35-24(32)27-13-14-9-6-7-11-33-20(14)16(27)22(31)26-15-10-5-4-8-12-36-23-19(30)17(28)18(29)21(15)34-23/h4-5,14-21,23,28-30H,6-13H2,1-3H3,(H,26,31)/b5-4-/t14?,15-,16?,17?,18?,19?,20?,21?,23?/m1/s1. The molecule has 0 saturated carbocycles. The van der Waals surface area contributed by atoms with Gasteiger partial charge in [-0.25, -0.2) is 4.79 Å². The van der Waals surface area contributed by atoms with Gasteiger partial charge in [0.25, 0.3) is 0 Å². The Morgan fingerprint density at radius 2 is 1.86 bits per heavy atom. The smallest absolute Gasteiger partial charge is 0.411 e. The maximum Gasteiger partial charge on any atom is 0.411 e. The summed E-state index contributed by atoms with van der Waals surface area (Å²) in [5.41, 5.74) is -1.44. The number of ether oxygens (including phenoxy) is 3. The summed E-state index contributed by atoms with van der Waals surface area (Å²) >= 11 is 1.37. The van der Waals surface area contributed by atoms with Crippen molar-refractivity contribution < 1.29 is 39.1 Å². The quantitative estimate of drug-likeness (QED) is 0.389. The summed E-state index contributed by atoms with van der Waals surface area (Å²) in [6, 6.07) is -1.57. The monoisotopic (exact) mass is 528 g/mol. The molecule has 0 aromatic carbocycles. The molecule has 4 heterocycles. The Balaban J connectivity index is 1.58. The van der Waals surface area contributed by atoms with Crippen LogP contribution in [0.15, 0.2) is 12.2 Å². The third kappa shape index (κ3) is 6.19. The van der Waals surface area contributed by atoms with E-state index in [0.717, 1.165) is 25.7 Å². The lowest BCUT2D eigenvalue weighted by Gasteiger charge is -2.44. The normalized spacial score (nSPS) is 40.5. The first kappa shape index (κ1) is 27.7. The van der Waals surface area contributed by atoms with Gasteiger partial charge in [-0.15, -0.1) is 11.8 Å². The molecule has 204 valence electrons. The second kappa shape index (κ2) is 11.6. The highest BCUT2D eigenvalue weighted by Gasteiger charge is 2.52. The molecule has 0 aliphatic carbocycles. The van der Waals surface area contributed by atoms with Gasteiger partial charge in [-0.3, -0.25) is 9.69 Å². The van der Waals surface area contributed by atoms with Gasteiger partial charge in [0.1, 0.15) is 41.5 Å². The Labute approximate surface area is 216 Å². The van der Waals surface area contributed by atoms with Gasteiger partial charge in [0.15, 0.2) is 0 Å². The number of fused-ring (bicyclic) bond motifs is 3. The van der Waals surface area contributed by atoms with Crippen LogP contribution in [0.2, 0.25) is 0 Å². The zero-order valence-electron chi connectivity index (χ0n) is 21.2. The number of nitrogens with zero attached hydrogens (tertiary/aromatic N) is 1. The maximum atomic E-state index is 13.8. The molecule has 0 aromatic rings. The van der Waals surface area contributed by atoms with Crippen LogP contribution >= 0.6 is 11.8 Å². The number of rotatable bonds is 2. The Hall–Kier alpha value is -1.37. The molecule has 8 unspecified atom stereocenters. The molecular weight excluding hydrogens is 488 g/mol. The van der Waals surface area contributed by atoms with Gasteiger partial charge in [-0.1, -0.05) is 18.6 Å². The number of hydrogen-bond acceptors (Lipinski definition) is 9. The SMILES string of the molecule is CC(C)(C)OC(=O)N1CC2CCCCOC2C1C(=O)N[C@@H]1C/C=C\CCSC2OC1C(O)C(O)C2O. The number of likely N-dealkylation sites (tertiary alicyclic amines) is 1. The molecule has 3 saturated heterocycles. The molecule has 4 rings (SSSR count). The molecule has 4 aliphatic rings. The van der Waals surface area contributed by atoms with Crippen LogP contribution in [0.3, 0.4) is 0 Å². The van der Waals surface area contributed by atoms with Crippen LogP contribution < -0.4 is 5.32 Å². The molecule has 2 amide bonds. The van der Waals surface area contributed by atoms with Crippen molar-refractivity contribution >= 4 is 23.8 Å². The molecule has 9 atom stereocenters. The van der Waals surface area contributed by atoms with E-state index in [2.05, 4.69) is 5.32 Å². The molecule has 4 N–H and O–H groups in total. The van der Waals surface area contributed by atoms with Crippen molar-refractivity contribution in [2.24, 2.45) is 5.92 Å². The van der Waals surface area contributed by atoms with Gasteiger partial charge < -0.3 is 34.8 Å². The molecule has 11 heteroatoms. The lowest BCUT2D eigenvalue weighted by atomic mass is 9.92. The molecule has 0 spiro atoms. The van der Waals surface area contributed by atoms with Gasteiger partial charge in [0, 0.05) is 19.1 Å². The predicted octanol–water partition coefficient (Wildman–Crippen LogP) is 1.17. The number of amides is 2. The van der Waals surface area contributed by atoms with E-state index in [1.165, 1.54) is 16.7 Å². The summed E-state index contributed by atoms with van der Waals surface area (Å²) in [4.78, 5) is 28.4. The third-order valence-corrected chi connectivity index (χ3v) is 8.36. The first-order chi connectivity index (χ1) is 17.1. The van der Waals surface area contributed by atoms with Gasteiger partial charge in [-0.05, 0) is 52.2 Å². The van der Waals surface area contributed by atoms with E-state index in [9.17, 15) is 24.9 Å². The lowest BCUT2D eigenvalue weighted by Crippen LogP contribution is -2.64. The number of aliphatic hydroxyl groups is 3.